The van der Waals surface area contributed by atoms with Gasteiger partial charge in [-0.1, -0.05) is 68.3 Å². The predicted octanol–water partition coefficient (Wildman–Crippen LogP) is 9.97. The topological polar surface area (TPSA) is 125 Å². The summed E-state index contributed by atoms with van der Waals surface area (Å²) in [5, 5.41) is 4.20. The number of rotatable bonds is 14. The van der Waals surface area contributed by atoms with Gasteiger partial charge in [-0.25, -0.2) is 26.8 Å². The summed E-state index contributed by atoms with van der Waals surface area (Å²) in [5.41, 5.74) is 6.60. The summed E-state index contributed by atoms with van der Waals surface area (Å²) in [6.07, 6.45) is 8.26. The van der Waals surface area contributed by atoms with Gasteiger partial charge in [0, 0.05) is 53.0 Å². The summed E-state index contributed by atoms with van der Waals surface area (Å²) in [7, 11) is -8.17. The van der Waals surface area contributed by atoms with E-state index in [1.807, 2.05) is 49.4 Å². The van der Waals surface area contributed by atoms with Crippen LogP contribution in [0.1, 0.15) is 96.9 Å². The summed E-state index contributed by atoms with van der Waals surface area (Å²) < 4.78 is 57.8. The lowest BCUT2D eigenvalue weighted by Gasteiger charge is -2.42. The highest BCUT2D eigenvalue weighted by atomic mass is 35.5. The fourth-order valence-electron chi connectivity index (χ4n) is 8.77. The number of hydrogen-bond donors (Lipinski definition) is 2. The van der Waals surface area contributed by atoms with Crippen LogP contribution in [0.25, 0.3) is 5.57 Å². The Bertz CT molecular complexity index is 2430. The second kappa shape index (κ2) is 18.7. The molecule has 3 heterocycles. The Morgan fingerprint density at radius 1 is 0.934 bits per heavy atom. The largest absolute Gasteiger partial charge is 0.380 e. The summed E-state index contributed by atoms with van der Waals surface area (Å²) in [5.74, 6) is 0.946. The zero-order valence-corrected chi connectivity index (χ0v) is 39.6. The Balaban J connectivity index is 1.03. The predicted molar refractivity (Wildman–Crippen MR) is 251 cm³/mol. The van der Waals surface area contributed by atoms with Crippen LogP contribution in [0, 0.1) is 5.41 Å². The highest BCUT2D eigenvalue weighted by molar-refractivity contribution is 7.99. The average Bonchev–Trinajstić information content (AvgIpc) is 3.22. The molecule has 1 aliphatic carbocycles. The molecule has 1 atom stereocenters. The van der Waals surface area contributed by atoms with E-state index < -0.39 is 24.6 Å². The van der Waals surface area contributed by atoms with Crippen LogP contribution >= 0.6 is 23.4 Å². The summed E-state index contributed by atoms with van der Waals surface area (Å²) >= 11 is 7.92. The minimum Gasteiger partial charge on any atom is -0.380 e. The van der Waals surface area contributed by atoms with E-state index >= 15 is 0 Å². The van der Waals surface area contributed by atoms with Gasteiger partial charge in [-0.15, -0.1) is 11.8 Å². The van der Waals surface area contributed by atoms with E-state index in [1.165, 1.54) is 36.0 Å². The molecule has 1 aromatic heterocycles. The van der Waals surface area contributed by atoms with Gasteiger partial charge in [-0.2, -0.15) is 0 Å². The third-order valence-electron chi connectivity index (χ3n) is 12.5. The Morgan fingerprint density at radius 3 is 2.34 bits per heavy atom. The maximum absolute atomic E-state index is 14.1. The van der Waals surface area contributed by atoms with Crippen LogP contribution in [-0.2, 0) is 32.8 Å². The molecule has 0 bridgehead atoms. The van der Waals surface area contributed by atoms with E-state index in [-0.39, 0.29) is 27.1 Å². The van der Waals surface area contributed by atoms with Gasteiger partial charge in [0.2, 0.25) is 0 Å². The van der Waals surface area contributed by atoms with Gasteiger partial charge in [0.05, 0.1) is 25.9 Å². The normalized spacial score (nSPS) is 18.7. The molecule has 0 amide bonds. The SMILES string of the molecule is CC[C@H](CSc1ccccc1)Nc1ccc(S(=O)(=O)Nc2ncnc3c2CCN(C2CCN(CC4=C(c5ccc(Cl)cc5)CCC(C)(C)C4)CC2)C3)cc1S(=O)(=O)C(C)(C)C. The van der Waals surface area contributed by atoms with Crippen LogP contribution in [-0.4, -0.2) is 85.4 Å². The molecule has 328 valence electrons. The van der Waals surface area contributed by atoms with Gasteiger partial charge in [0.1, 0.15) is 12.1 Å². The van der Waals surface area contributed by atoms with Crippen molar-refractivity contribution in [3.63, 3.8) is 0 Å². The van der Waals surface area contributed by atoms with Crippen LogP contribution in [0.5, 0.6) is 0 Å². The fraction of sp³-hybridized carbons (Fsp3) is 0.489. The molecular weight excluding hydrogens is 844 g/mol. The molecule has 0 radical (unpaired) electrons. The quantitative estimate of drug-likeness (QED) is 0.118. The van der Waals surface area contributed by atoms with Crippen LogP contribution in [0.15, 0.2) is 99.4 Å². The van der Waals surface area contributed by atoms with Gasteiger partial charge >= 0.3 is 0 Å². The van der Waals surface area contributed by atoms with Gasteiger partial charge < -0.3 is 5.32 Å². The molecule has 2 aliphatic heterocycles. The molecule has 1 saturated heterocycles. The molecule has 3 aliphatic rings. The lowest BCUT2D eigenvalue weighted by atomic mass is 9.72. The van der Waals surface area contributed by atoms with Crippen molar-refractivity contribution in [3.05, 3.63) is 107 Å². The first kappa shape index (κ1) is 45.6. The number of benzene rings is 3. The van der Waals surface area contributed by atoms with Crippen LogP contribution in [0.3, 0.4) is 0 Å². The van der Waals surface area contributed by atoms with E-state index in [1.54, 1.807) is 44.2 Å². The number of halogens is 1. The van der Waals surface area contributed by atoms with Crippen molar-refractivity contribution in [3.8, 4) is 0 Å². The molecule has 4 aromatic rings. The van der Waals surface area contributed by atoms with Crippen LogP contribution in [0.4, 0.5) is 11.5 Å². The zero-order valence-electron chi connectivity index (χ0n) is 36.4. The highest BCUT2D eigenvalue weighted by Crippen LogP contribution is 2.43. The fourth-order valence-corrected chi connectivity index (χ4v) is 12.5. The molecule has 3 aromatic carbocycles. The number of nitrogens with zero attached hydrogens (tertiary/aromatic N) is 4. The molecule has 2 N–H and O–H groups in total. The minimum absolute atomic E-state index is 0.0428. The molecule has 0 saturated carbocycles. The van der Waals surface area contributed by atoms with E-state index in [9.17, 15) is 16.8 Å². The first-order valence-electron chi connectivity index (χ1n) is 21.5. The number of thioether (sulfide) groups is 1. The van der Waals surface area contributed by atoms with Crippen molar-refractivity contribution in [2.45, 2.75) is 125 Å². The number of sulfonamides is 1. The number of allylic oxidation sites excluding steroid dienone is 1. The number of piperidine rings is 1. The molecule has 1 fully saturated rings. The van der Waals surface area contributed by atoms with E-state index in [2.05, 4.69) is 55.8 Å². The number of likely N-dealkylation sites (tertiary alicyclic amines) is 1. The molecule has 7 rings (SSSR count). The minimum atomic E-state index is -4.22. The second-order valence-electron chi connectivity index (χ2n) is 18.6. The Hall–Kier alpha value is -3.46. The van der Waals surface area contributed by atoms with Gasteiger partial charge in [0.15, 0.2) is 9.84 Å². The number of fused-ring (bicyclic) bond motifs is 1. The maximum Gasteiger partial charge on any atom is 0.263 e. The van der Waals surface area contributed by atoms with Crippen molar-refractivity contribution in [1.29, 1.82) is 0 Å². The number of sulfone groups is 1. The van der Waals surface area contributed by atoms with Crippen molar-refractivity contribution in [1.82, 2.24) is 19.8 Å². The van der Waals surface area contributed by atoms with Crippen LogP contribution in [0.2, 0.25) is 5.02 Å². The van der Waals surface area contributed by atoms with E-state index in [0.29, 0.717) is 30.4 Å². The van der Waals surface area contributed by atoms with Crippen molar-refractivity contribution >= 4 is 60.3 Å². The summed E-state index contributed by atoms with van der Waals surface area (Å²) in [4.78, 5) is 15.1. The first-order valence-corrected chi connectivity index (χ1v) is 25.9. The maximum atomic E-state index is 14.1. The average molecular weight is 906 g/mol. The zero-order chi connectivity index (χ0) is 43.6. The summed E-state index contributed by atoms with van der Waals surface area (Å²) in [6, 6.07) is 23.1. The standard InChI is InChI=1S/C47H61ClN6O4S3/c1-7-36(31-59-38-11-9-8-10-12-38)51-42-18-17-39(27-44(42)60(55,56)46(2,3)4)61(57,58)52-45-41-22-26-54(30-43(41)49-32-50-45)37-20-24-53(25-21-37)29-34-28-47(5,6)23-19-40(34)33-13-15-35(48)16-14-33/h8-18,27,32,36-37,51H,7,19-26,28-31H2,1-6H3,(H,49,50,52)/t36-/m1/s1. The Kier molecular flexibility index (Phi) is 14.0. The number of hydrogen-bond acceptors (Lipinski definition) is 10. The third-order valence-corrected chi connectivity index (χ3v) is 17.8. The lowest BCUT2D eigenvalue weighted by molar-refractivity contribution is 0.0997. The number of nitrogens with one attached hydrogen (secondary N) is 2. The molecular formula is C47H61ClN6O4S3. The molecule has 10 nitrogen and oxygen atoms in total. The highest BCUT2D eigenvalue weighted by Gasteiger charge is 2.36. The smallest absolute Gasteiger partial charge is 0.263 e. The van der Waals surface area contributed by atoms with Crippen molar-refractivity contribution in [2.75, 3.05) is 42.0 Å². The molecule has 0 spiro atoms. The van der Waals surface area contributed by atoms with Crippen molar-refractivity contribution < 1.29 is 16.8 Å². The first-order chi connectivity index (χ1) is 28.9. The molecule has 61 heavy (non-hydrogen) atoms. The van der Waals surface area contributed by atoms with E-state index in [0.717, 1.165) is 79.5 Å². The van der Waals surface area contributed by atoms with Gasteiger partial charge in [0.25, 0.3) is 10.0 Å². The monoisotopic (exact) mass is 904 g/mol. The third kappa shape index (κ3) is 10.8. The second-order valence-corrected chi connectivity index (χ2v) is 24.4. The van der Waals surface area contributed by atoms with Crippen molar-refractivity contribution in [2.24, 2.45) is 5.41 Å². The molecule has 14 heteroatoms. The lowest BCUT2D eigenvalue weighted by Crippen LogP contribution is -2.47. The molecule has 0 unspecified atom stereocenters. The van der Waals surface area contributed by atoms with Gasteiger partial charge in [-0.05, 0) is 138 Å². The Morgan fingerprint density at radius 2 is 1.66 bits per heavy atom. The Labute approximate surface area is 373 Å². The number of aromatic nitrogens is 2. The summed E-state index contributed by atoms with van der Waals surface area (Å²) in [6.45, 7) is 16.1. The van der Waals surface area contributed by atoms with Crippen LogP contribution < -0.4 is 10.0 Å². The van der Waals surface area contributed by atoms with E-state index in [4.69, 9.17) is 11.6 Å². The van der Waals surface area contributed by atoms with Gasteiger partial charge in [-0.3, -0.25) is 14.5 Å². The number of anilines is 2.